The Kier molecular flexibility index (Phi) is 6.01. The van der Waals surface area contributed by atoms with Crippen LogP contribution in [0, 0.1) is 36.0 Å². The first kappa shape index (κ1) is 19.1. The highest BCUT2D eigenvalue weighted by atomic mass is 15.1. The van der Waals surface area contributed by atoms with E-state index in [0.29, 0.717) is 5.92 Å². The summed E-state index contributed by atoms with van der Waals surface area (Å²) >= 11 is 0. The molecule has 28 heavy (non-hydrogen) atoms. The summed E-state index contributed by atoms with van der Waals surface area (Å²) in [6.07, 6.45) is 8.82. The molecule has 0 atom stereocenters. The van der Waals surface area contributed by atoms with Crippen molar-refractivity contribution in [2.45, 2.75) is 51.9 Å². The first-order valence-electron chi connectivity index (χ1n) is 11.0. The van der Waals surface area contributed by atoms with E-state index in [1.54, 1.807) is 0 Å². The molecule has 2 fully saturated rings. The van der Waals surface area contributed by atoms with Gasteiger partial charge in [0.1, 0.15) is 0 Å². The smallest absolute Gasteiger partial charge is 0.0655 e. The summed E-state index contributed by atoms with van der Waals surface area (Å²) in [5.41, 5.74) is 5.48. The predicted octanol–water partition coefficient (Wildman–Crippen LogP) is 6.60. The molecule has 1 aliphatic heterocycles. The summed E-state index contributed by atoms with van der Waals surface area (Å²) in [4.78, 5) is 2.60. The zero-order chi connectivity index (χ0) is 19.3. The predicted molar refractivity (Wildman–Crippen MR) is 117 cm³/mol. The van der Waals surface area contributed by atoms with Crippen LogP contribution < -0.4 is 4.90 Å². The monoisotopic (exact) mass is 372 g/mol. The van der Waals surface area contributed by atoms with Crippen LogP contribution in [0.25, 0.3) is 11.1 Å². The Morgan fingerprint density at radius 3 is 2.21 bits per heavy atom. The zero-order valence-corrected chi connectivity index (χ0v) is 17.1. The minimum Gasteiger partial charge on any atom is -0.371 e. The molecule has 1 saturated carbocycles. The summed E-state index contributed by atoms with van der Waals surface area (Å²) < 4.78 is 0. The van der Waals surface area contributed by atoms with E-state index >= 15 is 0 Å². The maximum absolute atomic E-state index is 9.10. The number of nitriles is 1. The molecule has 2 aliphatic rings. The van der Waals surface area contributed by atoms with Crippen LogP contribution in [0.3, 0.4) is 0 Å². The molecule has 2 nitrogen and oxygen atoms in total. The van der Waals surface area contributed by atoms with E-state index in [-0.39, 0.29) is 0 Å². The second kappa shape index (κ2) is 8.82. The van der Waals surface area contributed by atoms with Gasteiger partial charge in [-0.1, -0.05) is 42.5 Å². The van der Waals surface area contributed by atoms with Crippen molar-refractivity contribution in [3.05, 3.63) is 54.1 Å². The summed E-state index contributed by atoms with van der Waals surface area (Å²) in [7, 11) is 0. The molecule has 0 spiro atoms. The van der Waals surface area contributed by atoms with Gasteiger partial charge in [-0.25, -0.2) is 0 Å². The van der Waals surface area contributed by atoms with Crippen molar-refractivity contribution in [1.82, 2.24) is 0 Å². The minimum atomic E-state index is 0.331. The highest BCUT2D eigenvalue weighted by Crippen LogP contribution is 2.37. The molecule has 0 bridgehead atoms. The summed E-state index contributed by atoms with van der Waals surface area (Å²) in [5.74, 6) is 2.07. The van der Waals surface area contributed by atoms with Gasteiger partial charge in [0.2, 0.25) is 0 Å². The van der Waals surface area contributed by atoms with E-state index in [4.69, 9.17) is 5.26 Å². The Balaban J connectivity index is 1.36. The SMILES string of the molecule is Cc1c(-c2ccccc2)cccc1N1CCC(CC2CCC(C#N)CC2)CC1. The second-order valence-electron chi connectivity index (χ2n) is 8.83. The van der Waals surface area contributed by atoms with E-state index in [2.05, 4.69) is 66.4 Å². The Labute approximate surface area is 170 Å². The van der Waals surface area contributed by atoms with E-state index in [0.717, 1.165) is 24.7 Å². The largest absolute Gasteiger partial charge is 0.371 e. The number of benzene rings is 2. The maximum atomic E-state index is 9.10. The fourth-order valence-electron chi connectivity index (χ4n) is 5.30. The van der Waals surface area contributed by atoms with E-state index < -0.39 is 0 Å². The van der Waals surface area contributed by atoms with Crippen LogP contribution in [-0.4, -0.2) is 13.1 Å². The summed E-state index contributed by atoms with van der Waals surface area (Å²) in [5, 5.41) is 9.10. The van der Waals surface area contributed by atoms with Crippen molar-refractivity contribution < 1.29 is 0 Å². The molecule has 1 aliphatic carbocycles. The number of hydrogen-bond acceptors (Lipinski definition) is 2. The molecule has 0 radical (unpaired) electrons. The molecular formula is C26H32N2. The maximum Gasteiger partial charge on any atom is 0.0655 e. The van der Waals surface area contributed by atoms with Gasteiger partial charge in [0.15, 0.2) is 0 Å². The molecule has 0 unspecified atom stereocenters. The van der Waals surface area contributed by atoms with Crippen LogP contribution in [0.2, 0.25) is 0 Å². The van der Waals surface area contributed by atoms with Gasteiger partial charge in [0, 0.05) is 24.7 Å². The minimum absolute atomic E-state index is 0.331. The third kappa shape index (κ3) is 4.25. The molecule has 1 heterocycles. The van der Waals surface area contributed by atoms with Crippen molar-refractivity contribution in [2.24, 2.45) is 17.8 Å². The Hall–Kier alpha value is -2.27. The number of hydrogen-bond donors (Lipinski definition) is 0. The Morgan fingerprint density at radius 2 is 1.54 bits per heavy atom. The fraction of sp³-hybridized carbons (Fsp3) is 0.500. The lowest BCUT2D eigenvalue weighted by Crippen LogP contribution is -2.35. The third-order valence-electron chi connectivity index (χ3n) is 7.04. The van der Waals surface area contributed by atoms with Crippen molar-refractivity contribution in [2.75, 3.05) is 18.0 Å². The molecule has 2 aromatic rings. The molecule has 4 rings (SSSR count). The molecule has 0 aromatic heterocycles. The van der Waals surface area contributed by atoms with Gasteiger partial charge in [-0.3, -0.25) is 0 Å². The number of rotatable bonds is 4. The van der Waals surface area contributed by atoms with Crippen LogP contribution in [0.4, 0.5) is 5.69 Å². The summed E-state index contributed by atoms with van der Waals surface area (Å²) in [6, 6.07) is 20.0. The third-order valence-corrected chi connectivity index (χ3v) is 7.04. The van der Waals surface area contributed by atoms with Gasteiger partial charge in [-0.05, 0) is 86.5 Å². The number of piperidine rings is 1. The van der Waals surface area contributed by atoms with Crippen LogP contribution in [0.15, 0.2) is 48.5 Å². The van der Waals surface area contributed by atoms with Gasteiger partial charge in [-0.2, -0.15) is 5.26 Å². The van der Waals surface area contributed by atoms with E-state index in [1.165, 1.54) is 67.6 Å². The lowest BCUT2D eigenvalue weighted by atomic mass is 9.76. The Bertz CT molecular complexity index is 804. The molecule has 0 amide bonds. The highest BCUT2D eigenvalue weighted by Gasteiger charge is 2.26. The zero-order valence-electron chi connectivity index (χ0n) is 17.1. The van der Waals surface area contributed by atoms with Crippen molar-refractivity contribution in [3.63, 3.8) is 0 Å². The molecule has 146 valence electrons. The highest BCUT2D eigenvalue weighted by molar-refractivity contribution is 5.74. The average Bonchev–Trinajstić information content (AvgIpc) is 2.76. The van der Waals surface area contributed by atoms with E-state index in [1.807, 2.05) is 0 Å². The molecule has 2 heteroatoms. The first-order valence-corrected chi connectivity index (χ1v) is 11.0. The molecule has 0 N–H and O–H groups in total. The van der Waals surface area contributed by atoms with Crippen LogP contribution in [0.1, 0.15) is 50.5 Å². The lowest BCUT2D eigenvalue weighted by Gasteiger charge is -2.37. The molecule has 1 saturated heterocycles. The van der Waals surface area contributed by atoms with Crippen LogP contribution in [-0.2, 0) is 0 Å². The normalized spacial score (nSPS) is 23.4. The van der Waals surface area contributed by atoms with Crippen molar-refractivity contribution in [1.29, 1.82) is 5.26 Å². The van der Waals surface area contributed by atoms with Gasteiger partial charge in [0.25, 0.3) is 0 Å². The lowest BCUT2D eigenvalue weighted by molar-refractivity contribution is 0.241. The first-order chi connectivity index (χ1) is 13.7. The van der Waals surface area contributed by atoms with Gasteiger partial charge < -0.3 is 4.90 Å². The quantitative estimate of drug-likeness (QED) is 0.604. The molecular weight excluding hydrogens is 340 g/mol. The number of anilines is 1. The van der Waals surface area contributed by atoms with Crippen LogP contribution >= 0.6 is 0 Å². The number of nitrogens with zero attached hydrogens (tertiary/aromatic N) is 2. The Morgan fingerprint density at radius 1 is 0.857 bits per heavy atom. The van der Waals surface area contributed by atoms with E-state index in [9.17, 15) is 0 Å². The van der Waals surface area contributed by atoms with Gasteiger partial charge in [-0.15, -0.1) is 0 Å². The van der Waals surface area contributed by atoms with Gasteiger partial charge >= 0.3 is 0 Å². The standard InChI is InChI=1S/C26H32N2/c1-20-25(24-6-3-2-4-7-24)8-5-9-26(20)28-16-14-22(15-17-28)18-21-10-12-23(19-27)13-11-21/h2-9,21-23H,10-18H2,1H3. The summed E-state index contributed by atoms with van der Waals surface area (Å²) in [6.45, 7) is 4.63. The fourth-order valence-corrected chi connectivity index (χ4v) is 5.30. The average molecular weight is 373 g/mol. The van der Waals surface area contributed by atoms with Crippen LogP contribution in [0.5, 0.6) is 0 Å². The van der Waals surface area contributed by atoms with Gasteiger partial charge in [0.05, 0.1) is 6.07 Å². The van der Waals surface area contributed by atoms with Crippen molar-refractivity contribution >= 4 is 5.69 Å². The topological polar surface area (TPSA) is 27.0 Å². The van der Waals surface area contributed by atoms with Crippen molar-refractivity contribution in [3.8, 4) is 17.2 Å². The second-order valence-corrected chi connectivity index (χ2v) is 8.83. The molecule has 2 aromatic carbocycles.